The molecule has 0 saturated carbocycles. The van der Waals surface area contributed by atoms with Gasteiger partial charge < -0.3 is 4.90 Å². The van der Waals surface area contributed by atoms with Gasteiger partial charge in [-0.05, 0) is 36.6 Å². The van der Waals surface area contributed by atoms with Crippen LogP contribution in [0.2, 0.25) is 0 Å². The zero-order valence-corrected chi connectivity index (χ0v) is 8.09. The first-order valence-electron chi connectivity index (χ1n) is 4.75. The summed E-state index contributed by atoms with van der Waals surface area (Å²) in [6.45, 7) is 2.28. The predicted molar refractivity (Wildman–Crippen MR) is 52.7 cm³/mol. The van der Waals surface area contributed by atoms with E-state index >= 15 is 0 Å². The van der Waals surface area contributed by atoms with Gasteiger partial charge in [-0.25, -0.2) is 4.39 Å². The monoisotopic (exact) mass is 193 g/mol. The quantitative estimate of drug-likeness (QED) is 0.618. The highest BCUT2D eigenvalue weighted by atomic mass is 19.1. The van der Waals surface area contributed by atoms with E-state index in [1.807, 2.05) is 0 Å². The van der Waals surface area contributed by atoms with E-state index < -0.39 is 0 Å². The molecule has 74 valence electrons. The number of carbonyl (C=O) groups is 1. The van der Waals surface area contributed by atoms with Crippen molar-refractivity contribution < 1.29 is 9.18 Å². The van der Waals surface area contributed by atoms with E-state index in [1.54, 1.807) is 17.9 Å². The van der Waals surface area contributed by atoms with Gasteiger partial charge in [-0.15, -0.1) is 0 Å². The van der Waals surface area contributed by atoms with E-state index in [2.05, 4.69) is 0 Å². The molecule has 1 amide bonds. The molecule has 0 bridgehead atoms. The molecule has 0 aliphatic carbocycles. The van der Waals surface area contributed by atoms with Crippen LogP contribution < -0.4 is 4.90 Å². The molecular formula is C11H12FNO. The molecule has 0 atom stereocenters. The number of benzene rings is 1. The number of fused-ring (bicyclic) bond motifs is 1. The van der Waals surface area contributed by atoms with Gasteiger partial charge in [0, 0.05) is 19.2 Å². The first-order chi connectivity index (χ1) is 6.68. The summed E-state index contributed by atoms with van der Waals surface area (Å²) >= 11 is 0. The van der Waals surface area contributed by atoms with E-state index in [-0.39, 0.29) is 11.7 Å². The van der Waals surface area contributed by atoms with Gasteiger partial charge in [0.1, 0.15) is 5.82 Å². The van der Waals surface area contributed by atoms with Gasteiger partial charge in [0.15, 0.2) is 0 Å². The van der Waals surface area contributed by atoms with Crippen LogP contribution in [-0.4, -0.2) is 12.5 Å². The third-order valence-corrected chi connectivity index (χ3v) is 2.54. The SMILES string of the molecule is CC(=O)N1CCCc2cc(F)ccc21. The van der Waals surface area contributed by atoms with Gasteiger partial charge in [0.05, 0.1) is 0 Å². The van der Waals surface area contributed by atoms with Crippen molar-refractivity contribution in [1.29, 1.82) is 0 Å². The lowest BCUT2D eigenvalue weighted by Gasteiger charge is -2.28. The van der Waals surface area contributed by atoms with E-state index in [0.717, 1.165) is 30.6 Å². The second kappa shape index (κ2) is 3.40. The fourth-order valence-electron chi connectivity index (χ4n) is 1.89. The number of aryl methyl sites for hydroxylation is 1. The minimum atomic E-state index is -0.228. The lowest BCUT2D eigenvalue weighted by molar-refractivity contribution is -0.116. The molecule has 14 heavy (non-hydrogen) atoms. The molecule has 2 nitrogen and oxygen atoms in total. The minimum Gasteiger partial charge on any atom is -0.312 e. The van der Waals surface area contributed by atoms with E-state index in [9.17, 15) is 9.18 Å². The van der Waals surface area contributed by atoms with E-state index in [1.165, 1.54) is 12.1 Å². The third-order valence-electron chi connectivity index (χ3n) is 2.54. The van der Waals surface area contributed by atoms with Gasteiger partial charge in [-0.2, -0.15) is 0 Å². The Balaban J connectivity index is 2.44. The average molecular weight is 193 g/mol. The summed E-state index contributed by atoms with van der Waals surface area (Å²) in [6, 6.07) is 4.61. The van der Waals surface area contributed by atoms with Crippen LogP contribution in [0.3, 0.4) is 0 Å². The molecule has 1 aromatic carbocycles. The van der Waals surface area contributed by atoms with Crippen LogP contribution in [0.5, 0.6) is 0 Å². The number of anilines is 1. The maximum atomic E-state index is 12.9. The highest BCUT2D eigenvalue weighted by molar-refractivity contribution is 5.92. The zero-order valence-electron chi connectivity index (χ0n) is 8.09. The van der Waals surface area contributed by atoms with Crippen molar-refractivity contribution in [1.82, 2.24) is 0 Å². The van der Waals surface area contributed by atoms with Crippen molar-refractivity contribution in [3.8, 4) is 0 Å². The summed E-state index contributed by atoms with van der Waals surface area (Å²) in [4.78, 5) is 13.0. The van der Waals surface area contributed by atoms with Crippen molar-refractivity contribution in [3.05, 3.63) is 29.6 Å². The number of carbonyl (C=O) groups excluding carboxylic acids is 1. The Labute approximate surface area is 82.3 Å². The smallest absolute Gasteiger partial charge is 0.223 e. The summed E-state index contributed by atoms with van der Waals surface area (Å²) in [5.74, 6) is -0.202. The predicted octanol–water partition coefficient (Wildman–Crippen LogP) is 2.12. The molecule has 1 aliphatic rings. The summed E-state index contributed by atoms with van der Waals surface area (Å²) < 4.78 is 12.9. The van der Waals surface area contributed by atoms with Crippen LogP contribution in [0.4, 0.5) is 10.1 Å². The molecule has 1 heterocycles. The van der Waals surface area contributed by atoms with Crippen LogP contribution in [0, 0.1) is 5.82 Å². The Morgan fingerprint density at radius 2 is 2.29 bits per heavy atom. The maximum Gasteiger partial charge on any atom is 0.223 e. The van der Waals surface area contributed by atoms with E-state index in [4.69, 9.17) is 0 Å². The molecular weight excluding hydrogens is 181 g/mol. The summed E-state index contributed by atoms with van der Waals surface area (Å²) in [5.41, 5.74) is 1.80. The minimum absolute atomic E-state index is 0.0255. The lowest BCUT2D eigenvalue weighted by atomic mass is 10.0. The number of amides is 1. The number of rotatable bonds is 0. The first-order valence-corrected chi connectivity index (χ1v) is 4.75. The van der Waals surface area contributed by atoms with Crippen molar-refractivity contribution in [2.45, 2.75) is 19.8 Å². The van der Waals surface area contributed by atoms with Crippen LogP contribution >= 0.6 is 0 Å². The van der Waals surface area contributed by atoms with E-state index in [0.29, 0.717) is 0 Å². The van der Waals surface area contributed by atoms with Crippen LogP contribution in [-0.2, 0) is 11.2 Å². The Morgan fingerprint density at radius 3 is 3.00 bits per heavy atom. The molecule has 0 fully saturated rings. The van der Waals surface area contributed by atoms with Gasteiger partial charge in [0.2, 0.25) is 5.91 Å². The second-order valence-corrected chi connectivity index (χ2v) is 3.55. The Hall–Kier alpha value is -1.38. The second-order valence-electron chi connectivity index (χ2n) is 3.55. The highest BCUT2D eigenvalue weighted by Gasteiger charge is 2.19. The van der Waals surface area contributed by atoms with Crippen LogP contribution in [0.1, 0.15) is 18.9 Å². The van der Waals surface area contributed by atoms with Crippen molar-refractivity contribution >= 4 is 11.6 Å². The number of halogens is 1. The molecule has 2 rings (SSSR count). The van der Waals surface area contributed by atoms with Gasteiger partial charge in [-0.3, -0.25) is 4.79 Å². The lowest BCUT2D eigenvalue weighted by Crippen LogP contribution is -2.33. The Kier molecular flexibility index (Phi) is 2.23. The van der Waals surface area contributed by atoms with Crippen molar-refractivity contribution in [3.63, 3.8) is 0 Å². The molecule has 0 spiro atoms. The zero-order chi connectivity index (χ0) is 10.1. The normalized spacial score (nSPS) is 15.1. The summed E-state index contributed by atoms with van der Waals surface area (Å²) in [6.07, 6.45) is 1.77. The molecule has 1 aromatic rings. The van der Waals surface area contributed by atoms with Crippen molar-refractivity contribution in [2.24, 2.45) is 0 Å². The molecule has 0 saturated heterocycles. The fourth-order valence-corrected chi connectivity index (χ4v) is 1.89. The average Bonchev–Trinajstić information content (AvgIpc) is 2.16. The Morgan fingerprint density at radius 1 is 1.50 bits per heavy atom. The number of nitrogens with zero attached hydrogens (tertiary/aromatic N) is 1. The maximum absolute atomic E-state index is 12.9. The first kappa shape index (κ1) is 9.19. The Bertz CT molecular complexity index is 376. The van der Waals surface area contributed by atoms with Crippen molar-refractivity contribution in [2.75, 3.05) is 11.4 Å². The summed E-state index contributed by atoms with van der Waals surface area (Å²) in [5, 5.41) is 0. The standard InChI is InChI=1S/C11H12FNO/c1-8(14)13-6-2-3-9-7-10(12)4-5-11(9)13/h4-5,7H,2-3,6H2,1H3. The molecule has 0 unspecified atom stereocenters. The van der Waals surface area contributed by atoms with Gasteiger partial charge >= 0.3 is 0 Å². The molecule has 1 aliphatic heterocycles. The third kappa shape index (κ3) is 1.50. The highest BCUT2D eigenvalue weighted by Crippen LogP contribution is 2.27. The topological polar surface area (TPSA) is 20.3 Å². The van der Waals surface area contributed by atoms with Crippen LogP contribution in [0.15, 0.2) is 18.2 Å². The van der Waals surface area contributed by atoms with Gasteiger partial charge in [-0.1, -0.05) is 0 Å². The number of hydrogen-bond donors (Lipinski definition) is 0. The van der Waals surface area contributed by atoms with Gasteiger partial charge in [0.25, 0.3) is 0 Å². The number of hydrogen-bond acceptors (Lipinski definition) is 1. The van der Waals surface area contributed by atoms with Crippen LogP contribution in [0.25, 0.3) is 0 Å². The largest absolute Gasteiger partial charge is 0.312 e. The molecule has 0 radical (unpaired) electrons. The molecule has 3 heteroatoms. The molecule has 0 aromatic heterocycles. The molecule has 0 N–H and O–H groups in total. The summed E-state index contributed by atoms with van der Waals surface area (Å²) in [7, 11) is 0. The fraction of sp³-hybridized carbons (Fsp3) is 0.364.